The molecule has 4 heteroatoms. The second kappa shape index (κ2) is 3.78. The van der Waals surface area contributed by atoms with Crippen LogP contribution in [0.3, 0.4) is 0 Å². The molecule has 62 valence electrons. The van der Waals surface area contributed by atoms with Crippen LogP contribution in [0, 0.1) is 5.92 Å². The molecule has 0 aromatic carbocycles. The lowest BCUT2D eigenvalue weighted by Crippen LogP contribution is -2.20. The van der Waals surface area contributed by atoms with Crippen LogP contribution in [-0.4, -0.2) is 16.6 Å². The maximum absolute atomic E-state index is 3.83. The highest BCUT2D eigenvalue weighted by Gasteiger charge is 2.14. The van der Waals surface area contributed by atoms with Gasteiger partial charge in [-0.3, -0.25) is 0 Å². The van der Waals surface area contributed by atoms with E-state index in [0.717, 1.165) is 0 Å². The predicted molar refractivity (Wildman–Crippen MR) is 46.5 cm³/mol. The molecule has 1 atom stereocenters. The Balaban J connectivity index is 2.71. The molecule has 0 aliphatic heterocycles. The van der Waals surface area contributed by atoms with E-state index in [0.29, 0.717) is 12.0 Å². The van der Waals surface area contributed by atoms with Crippen LogP contribution in [0.2, 0.25) is 0 Å². The van der Waals surface area contributed by atoms with E-state index in [1.54, 1.807) is 0 Å². The molecule has 3 nitrogen and oxygen atoms in total. The molecule has 0 aliphatic carbocycles. The van der Waals surface area contributed by atoms with Gasteiger partial charge in [0.2, 0.25) is 0 Å². The number of aromatic nitrogens is 2. The van der Waals surface area contributed by atoms with Gasteiger partial charge >= 0.3 is 0 Å². The largest absolute Gasteiger partial charge is 0.312 e. The molecule has 0 radical (unpaired) electrons. The summed E-state index contributed by atoms with van der Waals surface area (Å²) < 4.78 is 3.83. The summed E-state index contributed by atoms with van der Waals surface area (Å²) in [5.74, 6) is 0.585. The van der Waals surface area contributed by atoms with Crippen molar-refractivity contribution >= 4 is 11.5 Å². The van der Waals surface area contributed by atoms with E-state index < -0.39 is 0 Å². The van der Waals surface area contributed by atoms with E-state index in [1.807, 2.05) is 13.2 Å². The summed E-state index contributed by atoms with van der Waals surface area (Å²) in [7, 11) is 1.96. The molecule has 0 bridgehead atoms. The molecule has 1 N–H and O–H groups in total. The number of rotatable bonds is 3. The quantitative estimate of drug-likeness (QED) is 0.748. The zero-order valence-corrected chi connectivity index (χ0v) is 7.85. The molecule has 1 aromatic heterocycles. The second-order valence-corrected chi connectivity index (χ2v) is 3.65. The Kier molecular flexibility index (Phi) is 2.96. The first kappa shape index (κ1) is 8.62. The molecule has 1 aromatic rings. The van der Waals surface area contributed by atoms with Crippen molar-refractivity contribution in [2.75, 3.05) is 7.05 Å². The first-order valence-corrected chi connectivity index (χ1v) is 4.47. The Hall–Kier alpha value is -0.480. The zero-order valence-electron chi connectivity index (χ0n) is 7.03. The average Bonchev–Trinajstić information content (AvgIpc) is 2.40. The minimum absolute atomic E-state index is 0.398. The van der Waals surface area contributed by atoms with E-state index in [2.05, 4.69) is 28.8 Å². The van der Waals surface area contributed by atoms with Gasteiger partial charge in [-0.1, -0.05) is 18.3 Å². The summed E-state index contributed by atoms with van der Waals surface area (Å²) in [6.07, 6.45) is 1.83. The van der Waals surface area contributed by atoms with Crippen LogP contribution in [0.1, 0.15) is 24.8 Å². The topological polar surface area (TPSA) is 37.8 Å². The van der Waals surface area contributed by atoms with Crippen LogP contribution in [0.25, 0.3) is 0 Å². The van der Waals surface area contributed by atoms with Gasteiger partial charge in [0.15, 0.2) is 0 Å². The molecule has 0 aliphatic rings. The number of hydrogen-bond donors (Lipinski definition) is 1. The lowest BCUT2D eigenvalue weighted by molar-refractivity contribution is 0.449. The van der Waals surface area contributed by atoms with E-state index in [4.69, 9.17) is 0 Å². The minimum atomic E-state index is 0.398. The van der Waals surface area contributed by atoms with Crippen molar-refractivity contribution in [3.63, 3.8) is 0 Å². The molecule has 1 heterocycles. The predicted octanol–water partition coefficient (Wildman–Crippen LogP) is 1.45. The summed E-state index contributed by atoms with van der Waals surface area (Å²) in [6.45, 7) is 4.36. The monoisotopic (exact) mass is 171 g/mol. The lowest BCUT2D eigenvalue weighted by Gasteiger charge is -2.16. The molecule has 0 spiro atoms. The molecular formula is C7H13N3S. The minimum Gasteiger partial charge on any atom is -0.312 e. The van der Waals surface area contributed by atoms with Crippen LogP contribution >= 0.6 is 11.5 Å². The Bertz CT molecular complexity index is 195. The summed E-state index contributed by atoms with van der Waals surface area (Å²) in [6, 6.07) is 0.398. The fraction of sp³-hybridized carbons (Fsp3) is 0.714. The van der Waals surface area contributed by atoms with Crippen molar-refractivity contribution in [1.29, 1.82) is 0 Å². The van der Waals surface area contributed by atoms with Gasteiger partial charge < -0.3 is 5.32 Å². The highest BCUT2D eigenvalue weighted by atomic mass is 32.1. The van der Waals surface area contributed by atoms with Crippen molar-refractivity contribution < 1.29 is 0 Å². The van der Waals surface area contributed by atoms with E-state index >= 15 is 0 Å². The van der Waals surface area contributed by atoms with Gasteiger partial charge in [0.05, 0.1) is 11.1 Å². The molecule has 1 unspecified atom stereocenters. The van der Waals surface area contributed by atoms with Crippen molar-refractivity contribution in [2.45, 2.75) is 19.9 Å². The molecular weight excluding hydrogens is 158 g/mol. The van der Waals surface area contributed by atoms with Gasteiger partial charge in [-0.05, 0) is 24.5 Å². The Labute approximate surface area is 71.0 Å². The van der Waals surface area contributed by atoms with Crippen molar-refractivity contribution in [3.05, 3.63) is 11.1 Å². The van der Waals surface area contributed by atoms with E-state index in [1.165, 1.54) is 16.4 Å². The van der Waals surface area contributed by atoms with Gasteiger partial charge in [-0.25, -0.2) is 0 Å². The molecule has 0 amide bonds. The standard InChI is InChI=1S/C7H13N3S/c1-5(2)7(8-3)6-4-9-10-11-6/h4-5,7-8H,1-3H3. The average molecular weight is 171 g/mol. The van der Waals surface area contributed by atoms with E-state index in [9.17, 15) is 0 Å². The lowest BCUT2D eigenvalue weighted by atomic mass is 10.0. The van der Waals surface area contributed by atoms with Crippen LogP contribution in [0.15, 0.2) is 6.20 Å². The first-order chi connectivity index (χ1) is 5.25. The number of hydrogen-bond acceptors (Lipinski definition) is 4. The van der Waals surface area contributed by atoms with Crippen LogP contribution < -0.4 is 5.32 Å². The SMILES string of the molecule is CNC(c1cnns1)C(C)C. The van der Waals surface area contributed by atoms with Crippen molar-refractivity contribution in [2.24, 2.45) is 5.92 Å². The first-order valence-electron chi connectivity index (χ1n) is 3.70. The fourth-order valence-electron chi connectivity index (χ4n) is 1.12. The third kappa shape index (κ3) is 1.97. The number of nitrogens with one attached hydrogen (secondary N) is 1. The van der Waals surface area contributed by atoms with Gasteiger partial charge in [0.25, 0.3) is 0 Å². The van der Waals surface area contributed by atoms with Crippen molar-refractivity contribution in [1.82, 2.24) is 14.9 Å². The molecule has 11 heavy (non-hydrogen) atoms. The molecule has 0 fully saturated rings. The third-order valence-corrected chi connectivity index (χ3v) is 2.41. The normalized spacial score (nSPS) is 13.8. The summed E-state index contributed by atoms with van der Waals surface area (Å²) in [5, 5.41) is 7.04. The maximum Gasteiger partial charge on any atom is 0.0669 e. The van der Waals surface area contributed by atoms with Crippen LogP contribution in [0.5, 0.6) is 0 Å². The molecule has 0 saturated heterocycles. The number of nitrogens with zero attached hydrogens (tertiary/aromatic N) is 2. The Morgan fingerprint density at radius 2 is 2.27 bits per heavy atom. The van der Waals surface area contributed by atoms with Crippen molar-refractivity contribution in [3.8, 4) is 0 Å². The second-order valence-electron chi connectivity index (χ2n) is 2.83. The highest BCUT2D eigenvalue weighted by molar-refractivity contribution is 7.05. The van der Waals surface area contributed by atoms with Gasteiger partial charge in [-0.2, -0.15) is 0 Å². The Morgan fingerprint density at radius 1 is 1.55 bits per heavy atom. The fourth-order valence-corrected chi connectivity index (χ4v) is 1.90. The summed E-state index contributed by atoms with van der Waals surface area (Å²) >= 11 is 1.46. The van der Waals surface area contributed by atoms with Gasteiger partial charge in [-0.15, -0.1) is 5.10 Å². The Morgan fingerprint density at radius 3 is 2.64 bits per heavy atom. The van der Waals surface area contributed by atoms with Crippen LogP contribution in [-0.2, 0) is 0 Å². The maximum atomic E-state index is 3.83. The highest BCUT2D eigenvalue weighted by Crippen LogP contribution is 2.22. The van der Waals surface area contributed by atoms with Crippen LogP contribution in [0.4, 0.5) is 0 Å². The summed E-state index contributed by atoms with van der Waals surface area (Å²) in [5.41, 5.74) is 0. The molecule has 0 saturated carbocycles. The third-order valence-electron chi connectivity index (χ3n) is 1.66. The van der Waals surface area contributed by atoms with E-state index in [-0.39, 0.29) is 0 Å². The molecule has 1 rings (SSSR count). The zero-order chi connectivity index (χ0) is 8.27. The smallest absolute Gasteiger partial charge is 0.0669 e. The summed E-state index contributed by atoms with van der Waals surface area (Å²) in [4.78, 5) is 1.21. The van der Waals surface area contributed by atoms with Gasteiger partial charge in [0.1, 0.15) is 0 Å². The van der Waals surface area contributed by atoms with Gasteiger partial charge in [0, 0.05) is 6.04 Å².